The van der Waals surface area contributed by atoms with E-state index in [0.717, 1.165) is 6.42 Å². The maximum atomic E-state index is 9.94. The van der Waals surface area contributed by atoms with E-state index >= 15 is 0 Å². The van der Waals surface area contributed by atoms with Gasteiger partial charge in [-0.25, -0.2) is 0 Å². The summed E-state index contributed by atoms with van der Waals surface area (Å²) in [5, 5.41) is 0. The van der Waals surface area contributed by atoms with Crippen LogP contribution in [0.15, 0.2) is 24.3 Å². The van der Waals surface area contributed by atoms with Crippen LogP contribution in [-0.2, 0) is 4.79 Å². The highest BCUT2D eigenvalue weighted by molar-refractivity contribution is 5.66. The number of hydrogen-bond acceptors (Lipinski definition) is 1. The molecule has 0 atom stereocenters. The highest BCUT2D eigenvalue weighted by Gasteiger charge is 1.93. The summed E-state index contributed by atoms with van der Waals surface area (Å²) in [6.45, 7) is 2.28. The van der Waals surface area contributed by atoms with Gasteiger partial charge < -0.3 is 0 Å². The zero-order valence-corrected chi connectivity index (χ0v) is 15.5. The second-order valence-corrected chi connectivity index (χ2v) is 6.64. The summed E-state index contributed by atoms with van der Waals surface area (Å²) >= 11 is 0. The van der Waals surface area contributed by atoms with Gasteiger partial charge in [-0.3, -0.25) is 4.79 Å². The number of hydrogen-bond donors (Lipinski definition) is 0. The minimum Gasteiger partial charge on any atom is -0.286 e. The summed E-state index contributed by atoms with van der Waals surface area (Å²) in [6.07, 6.45) is 31.3. The molecular weight excluding hydrogens is 280 g/mol. The average molecular weight is 320 g/mol. The Morgan fingerprint density at radius 1 is 0.609 bits per heavy atom. The lowest BCUT2D eigenvalue weighted by Gasteiger charge is -2.03. The van der Waals surface area contributed by atoms with Gasteiger partial charge in [0, 0.05) is 0 Å². The van der Waals surface area contributed by atoms with E-state index in [4.69, 9.17) is 0 Å². The Labute approximate surface area is 145 Å². The largest absolute Gasteiger partial charge is 0.286 e. The molecule has 0 aromatic heterocycles. The van der Waals surface area contributed by atoms with Crippen molar-refractivity contribution in [3.8, 4) is 0 Å². The van der Waals surface area contributed by atoms with Crippen LogP contribution in [0.3, 0.4) is 0 Å². The Balaban J connectivity index is 3.04. The van der Waals surface area contributed by atoms with Crippen LogP contribution >= 0.6 is 0 Å². The van der Waals surface area contributed by atoms with Crippen molar-refractivity contribution in [2.75, 3.05) is 0 Å². The van der Waals surface area contributed by atoms with Gasteiger partial charge in [0.15, 0.2) is 0 Å². The molecule has 0 saturated carbocycles. The van der Waals surface area contributed by atoms with E-state index in [2.05, 4.69) is 13.0 Å². The van der Waals surface area contributed by atoms with Crippen molar-refractivity contribution in [3.05, 3.63) is 24.3 Å². The Bertz CT molecular complexity index is 278. The quantitative estimate of drug-likeness (QED) is 0.145. The van der Waals surface area contributed by atoms with Gasteiger partial charge in [0.05, 0.1) is 0 Å². The van der Waals surface area contributed by atoms with Crippen molar-refractivity contribution in [2.45, 2.75) is 110 Å². The summed E-state index contributed by atoms with van der Waals surface area (Å²) < 4.78 is 0. The minimum absolute atomic E-state index is 1.13. The van der Waals surface area contributed by atoms with Gasteiger partial charge in [-0.05, 0) is 18.9 Å². The standard InChI is InChI=1S/C22H39O/c1-2-3-4-5-6-7-8-9-10-11-12-13-14-15-16-17-18-19-20-21-22-23/h18-21H,2-17H2,1H3. The Morgan fingerprint density at radius 2 is 1.04 bits per heavy atom. The summed E-state index contributed by atoms with van der Waals surface area (Å²) in [5.41, 5.74) is 0. The molecule has 0 unspecified atom stereocenters. The second kappa shape index (κ2) is 21.1. The maximum absolute atomic E-state index is 9.94. The first kappa shape index (κ1) is 22.1. The normalized spacial score (nSPS) is 11.7. The van der Waals surface area contributed by atoms with E-state index < -0.39 is 0 Å². The highest BCUT2D eigenvalue weighted by atomic mass is 16.1. The molecule has 0 aliphatic heterocycles. The fraction of sp³-hybridized carbons (Fsp3) is 0.773. The molecule has 0 aliphatic carbocycles. The predicted molar refractivity (Wildman–Crippen MR) is 104 cm³/mol. The molecule has 0 heterocycles. The fourth-order valence-corrected chi connectivity index (χ4v) is 2.90. The second-order valence-electron chi connectivity index (χ2n) is 6.64. The first-order valence-corrected chi connectivity index (χ1v) is 10.1. The van der Waals surface area contributed by atoms with Gasteiger partial charge in [-0.2, -0.15) is 0 Å². The molecule has 1 nitrogen and oxygen atoms in total. The van der Waals surface area contributed by atoms with Crippen LogP contribution in [0.25, 0.3) is 0 Å². The van der Waals surface area contributed by atoms with Crippen molar-refractivity contribution in [2.24, 2.45) is 0 Å². The van der Waals surface area contributed by atoms with Crippen LogP contribution in [0.1, 0.15) is 110 Å². The van der Waals surface area contributed by atoms with E-state index in [1.807, 2.05) is 6.08 Å². The molecule has 0 aliphatic rings. The molecule has 23 heavy (non-hydrogen) atoms. The van der Waals surface area contributed by atoms with E-state index in [-0.39, 0.29) is 0 Å². The van der Waals surface area contributed by atoms with Crippen LogP contribution in [0.4, 0.5) is 0 Å². The van der Waals surface area contributed by atoms with Gasteiger partial charge in [-0.1, -0.05) is 115 Å². The molecule has 0 N–H and O–H groups in total. The van der Waals surface area contributed by atoms with Crippen LogP contribution in [0.5, 0.6) is 0 Å². The van der Waals surface area contributed by atoms with E-state index in [0.29, 0.717) is 0 Å². The van der Waals surface area contributed by atoms with Crippen LogP contribution in [0.2, 0.25) is 0 Å². The van der Waals surface area contributed by atoms with E-state index in [1.165, 1.54) is 102 Å². The maximum Gasteiger partial charge on any atom is 0.225 e. The predicted octanol–water partition coefficient (Wildman–Crippen LogP) is 7.47. The molecule has 0 aromatic rings. The first-order valence-electron chi connectivity index (χ1n) is 10.1. The fourth-order valence-electron chi connectivity index (χ4n) is 2.90. The van der Waals surface area contributed by atoms with E-state index in [9.17, 15) is 4.79 Å². The van der Waals surface area contributed by atoms with Gasteiger partial charge in [-0.15, -0.1) is 0 Å². The monoisotopic (exact) mass is 319 g/mol. The van der Waals surface area contributed by atoms with Gasteiger partial charge in [0.1, 0.15) is 0 Å². The summed E-state index contributed by atoms with van der Waals surface area (Å²) in [7, 11) is 0. The van der Waals surface area contributed by atoms with Crippen molar-refractivity contribution in [1.82, 2.24) is 0 Å². The molecule has 0 amide bonds. The molecule has 0 rings (SSSR count). The van der Waals surface area contributed by atoms with Crippen LogP contribution in [0, 0.1) is 0 Å². The van der Waals surface area contributed by atoms with Crippen molar-refractivity contribution in [1.29, 1.82) is 0 Å². The molecule has 0 saturated heterocycles. The van der Waals surface area contributed by atoms with E-state index in [1.54, 1.807) is 12.4 Å². The Kier molecular flexibility index (Phi) is 20.4. The molecular formula is C22H39O. The molecule has 133 valence electrons. The van der Waals surface area contributed by atoms with Crippen molar-refractivity contribution < 1.29 is 4.79 Å². The molecule has 0 fully saturated rings. The van der Waals surface area contributed by atoms with Gasteiger partial charge >= 0.3 is 0 Å². The zero-order chi connectivity index (χ0) is 16.8. The molecule has 1 radical (unpaired) electrons. The number of allylic oxidation sites excluding steroid dienone is 4. The van der Waals surface area contributed by atoms with Gasteiger partial charge in [0.25, 0.3) is 0 Å². The van der Waals surface area contributed by atoms with Crippen LogP contribution < -0.4 is 0 Å². The third-order valence-electron chi connectivity index (χ3n) is 4.39. The lowest BCUT2D eigenvalue weighted by Crippen LogP contribution is -1.83. The molecule has 0 bridgehead atoms. The molecule has 0 aromatic carbocycles. The lowest BCUT2D eigenvalue weighted by atomic mass is 10.0. The third-order valence-corrected chi connectivity index (χ3v) is 4.39. The van der Waals surface area contributed by atoms with Gasteiger partial charge in [0.2, 0.25) is 6.29 Å². The van der Waals surface area contributed by atoms with Crippen molar-refractivity contribution in [3.63, 3.8) is 0 Å². The summed E-state index contributed by atoms with van der Waals surface area (Å²) in [5.74, 6) is 0. The number of rotatable bonds is 18. The zero-order valence-electron chi connectivity index (χ0n) is 15.5. The summed E-state index contributed by atoms with van der Waals surface area (Å²) in [6, 6.07) is 0. The first-order chi connectivity index (χ1) is 11.4. The average Bonchev–Trinajstić information content (AvgIpc) is 2.57. The molecule has 1 heteroatoms. The highest BCUT2D eigenvalue weighted by Crippen LogP contribution is 2.13. The van der Waals surface area contributed by atoms with Crippen molar-refractivity contribution >= 4 is 6.29 Å². The van der Waals surface area contributed by atoms with Crippen LogP contribution in [-0.4, -0.2) is 6.29 Å². The SMILES string of the molecule is CCCCCCCCCCCCCCCCCC=CC=C[C]=O. The smallest absolute Gasteiger partial charge is 0.225 e. The Hall–Kier alpha value is -0.850. The minimum atomic E-state index is 1.13. The summed E-state index contributed by atoms with van der Waals surface area (Å²) in [4.78, 5) is 9.94. The topological polar surface area (TPSA) is 17.1 Å². The number of unbranched alkanes of at least 4 members (excludes halogenated alkanes) is 15. The molecule has 0 spiro atoms. The number of carbonyl (C=O) groups excluding carboxylic acids is 1. The Morgan fingerprint density at radius 3 is 1.48 bits per heavy atom. The lowest BCUT2D eigenvalue weighted by molar-refractivity contribution is 0.533. The third kappa shape index (κ3) is 21.1.